The number of nitrogens with zero attached hydrogens (tertiary/aromatic N) is 10. The number of hydrogen-bond donors (Lipinski definition) is 1. The molecule has 0 aliphatic carbocycles. The van der Waals surface area contributed by atoms with Gasteiger partial charge in [-0.3, -0.25) is 9.48 Å². The lowest BCUT2D eigenvalue weighted by Gasteiger charge is -2.18. The number of amides is 1. The lowest BCUT2D eigenvalue weighted by molar-refractivity contribution is 0.0904. The highest BCUT2D eigenvalue weighted by molar-refractivity contribution is 5.90. The summed E-state index contributed by atoms with van der Waals surface area (Å²) in [5.41, 5.74) is 0.889. The minimum Gasteiger partial charge on any atom is -0.412 e. The van der Waals surface area contributed by atoms with Gasteiger partial charge >= 0.3 is 11.8 Å². The van der Waals surface area contributed by atoms with Crippen LogP contribution < -0.4 is 10.2 Å². The van der Waals surface area contributed by atoms with Crippen LogP contribution in [0.25, 0.3) is 11.5 Å². The first kappa shape index (κ1) is 21.3. The first-order valence-corrected chi connectivity index (χ1v) is 10.9. The molecule has 5 rings (SSSR count). The van der Waals surface area contributed by atoms with Crippen LogP contribution in [0.2, 0.25) is 0 Å². The molecule has 0 radical (unpaired) electrons. The number of hydrogen-bond acceptors (Lipinski definition) is 11. The summed E-state index contributed by atoms with van der Waals surface area (Å²) in [6.45, 7) is 2.56. The molecular formula is C21H21N11O2. The van der Waals surface area contributed by atoms with E-state index < -0.39 is 5.91 Å². The van der Waals surface area contributed by atoms with E-state index >= 15 is 0 Å². The van der Waals surface area contributed by atoms with Crippen molar-refractivity contribution in [3.63, 3.8) is 0 Å². The quantitative estimate of drug-likeness (QED) is 0.511. The molecule has 0 unspecified atom stereocenters. The number of carbonyl (C=O) groups excluding carboxylic acids is 1. The molecule has 3 aromatic rings. The molecule has 2 aliphatic heterocycles. The number of aromatic nitrogens is 6. The van der Waals surface area contributed by atoms with Gasteiger partial charge in [0, 0.05) is 38.1 Å². The molecular weight excluding hydrogens is 438 g/mol. The number of nitrogens with one attached hydrogen (secondary N) is 1. The van der Waals surface area contributed by atoms with Crippen molar-refractivity contribution < 1.29 is 9.21 Å². The van der Waals surface area contributed by atoms with Crippen molar-refractivity contribution in [2.24, 2.45) is 0 Å². The van der Waals surface area contributed by atoms with Crippen LogP contribution in [0.5, 0.6) is 0 Å². The van der Waals surface area contributed by atoms with Gasteiger partial charge < -0.3 is 19.5 Å². The molecule has 2 fully saturated rings. The van der Waals surface area contributed by atoms with Gasteiger partial charge in [-0.25, -0.2) is 4.98 Å². The Morgan fingerprint density at radius 1 is 1.26 bits per heavy atom. The molecule has 5 heterocycles. The summed E-state index contributed by atoms with van der Waals surface area (Å²) >= 11 is 0. The number of pyridine rings is 1. The second-order valence-corrected chi connectivity index (χ2v) is 8.25. The molecule has 13 nitrogen and oxygen atoms in total. The molecule has 2 saturated heterocycles. The third kappa shape index (κ3) is 4.23. The average molecular weight is 459 g/mol. The lowest BCUT2D eigenvalue weighted by Crippen LogP contribution is -2.36. The SMILES string of the molecule is N#Cc1cnc(N2CCCC2)c(-c2nnc(C(=O)N[C@@H]3C[C@@H](Cn4ccnn4)N(C#N)C3)o2)c1. The van der Waals surface area contributed by atoms with Crippen LogP contribution in [0.4, 0.5) is 5.82 Å². The van der Waals surface area contributed by atoms with Crippen LogP contribution in [0.1, 0.15) is 35.5 Å². The normalized spacial score (nSPS) is 19.7. The van der Waals surface area contributed by atoms with E-state index in [4.69, 9.17) is 4.42 Å². The van der Waals surface area contributed by atoms with E-state index in [1.54, 1.807) is 28.0 Å². The fraction of sp³-hybridized carbons (Fsp3) is 0.429. The Hall–Kier alpha value is -4.52. The van der Waals surface area contributed by atoms with Gasteiger partial charge in [-0.15, -0.1) is 15.3 Å². The molecule has 172 valence electrons. The van der Waals surface area contributed by atoms with Crippen molar-refractivity contribution in [1.29, 1.82) is 10.5 Å². The molecule has 34 heavy (non-hydrogen) atoms. The topological polar surface area (TPSA) is 166 Å². The van der Waals surface area contributed by atoms with Crippen molar-refractivity contribution in [2.45, 2.75) is 37.9 Å². The van der Waals surface area contributed by atoms with E-state index in [0.29, 0.717) is 36.5 Å². The zero-order valence-corrected chi connectivity index (χ0v) is 18.2. The van der Waals surface area contributed by atoms with E-state index in [0.717, 1.165) is 25.9 Å². The Bertz CT molecular complexity index is 1250. The van der Waals surface area contributed by atoms with Crippen LogP contribution >= 0.6 is 0 Å². The second kappa shape index (κ2) is 9.15. The van der Waals surface area contributed by atoms with Crippen molar-refractivity contribution in [1.82, 2.24) is 40.4 Å². The Morgan fingerprint density at radius 3 is 2.85 bits per heavy atom. The van der Waals surface area contributed by atoms with Crippen molar-refractivity contribution >= 4 is 11.7 Å². The standard InChI is InChI=1S/C21H21N11O2/c22-9-14-7-17(18(24-10-14)30-4-1-2-5-30)20-27-28-21(34-20)19(33)26-15-8-16(31(11-15)13-23)12-32-6-3-25-29-32/h3,6-7,10,15-16H,1-2,4-5,8,11-12H2,(H,26,33)/t15-,16+/m1/s1. The highest BCUT2D eigenvalue weighted by Crippen LogP contribution is 2.31. The van der Waals surface area contributed by atoms with Crippen molar-refractivity contribution in [2.75, 3.05) is 24.5 Å². The van der Waals surface area contributed by atoms with Crippen LogP contribution in [-0.4, -0.2) is 72.7 Å². The zero-order valence-electron chi connectivity index (χ0n) is 18.2. The van der Waals surface area contributed by atoms with Gasteiger partial charge in [-0.2, -0.15) is 10.5 Å². The summed E-state index contributed by atoms with van der Waals surface area (Å²) < 4.78 is 7.35. The summed E-state index contributed by atoms with van der Waals surface area (Å²) in [5.74, 6) is 0.0810. The first-order chi connectivity index (χ1) is 16.6. The highest BCUT2D eigenvalue weighted by Gasteiger charge is 2.34. The van der Waals surface area contributed by atoms with E-state index in [9.17, 15) is 15.3 Å². The van der Waals surface area contributed by atoms with Gasteiger partial charge in [0.25, 0.3) is 5.89 Å². The molecule has 2 aliphatic rings. The lowest BCUT2D eigenvalue weighted by atomic mass is 10.1. The number of carbonyl (C=O) groups is 1. The van der Waals surface area contributed by atoms with Crippen molar-refractivity contribution in [3.05, 3.63) is 36.1 Å². The highest BCUT2D eigenvalue weighted by atomic mass is 16.4. The van der Waals surface area contributed by atoms with Gasteiger partial charge in [0.1, 0.15) is 11.9 Å². The molecule has 0 aromatic carbocycles. The number of anilines is 1. The first-order valence-electron chi connectivity index (χ1n) is 10.9. The van der Waals surface area contributed by atoms with Crippen LogP contribution in [0.15, 0.2) is 29.1 Å². The summed E-state index contributed by atoms with van der Waals surface area (Å²) in [5, 5.41) is 37.3. The molecule has 0 spiro atoms. The van der Waals surface area contributed by atoms with E-state index in [1.807, 2.05) is 0 Å². The Balaban J connectivity index is 1.30. The molecule has 0 saturated carbocycles. The van der Waals surface area contributed by atoms with Gasteiger partial charge in [0.15, 0.2) is 6.19 Å². The second-order valence-electron chi connectivity index (χ2n) is 8.25. The predicted molar refractivity (Wildman–Crippen MR) is 116 cm³/mol. The minimum atomic E-state index is -0.518. The summed E-state index contributed by atoms with van der Waals surface area (Å²) in [6, 6.07) is 3.34. The fourth-order valence-corrected chi connectivity index (χ4v) is 4.39. The fourth-order valence-electron chi connectivity index (χ4n) is 4.39. The number of rotatable bonds is 6. The third-order valence-electron chi connectivity index (χ3n) is 6.00. The van der Waals surface area contributed by atoms with E-state index in [2.05, 4.69) is 48.0 Å². The monoisotopic (exact) mass is 459 g/mol. The predicted octanol–water partition coefficient (Wildman–Crippen LogP) is 0.549. The van der Waals surface area contributed by atoms with Crippen LogP contribution in [0, 0.1) is 22.8 Å². The maximum Gasteiger partial charge on any atom is 0.309 e. The Kier molecular flexibility index (Phi) is 5.74. The average Bonchev–Trinajstić information content (AvgIpc) is 3.67. The third-order valence-corrected chi connectivity index (χ3v) is 6.00. The van der Waals surface area contributed by atoms with Gasteiger partial charge in [0.2, 0.25) is 0 Å². The van der Waals surface area contributed by atoms with Gasteiger partial charge in [-0.1, -0.05) is 5.21 Å². The van der Waals surface area contributed by atoms with Crippen LogP contribution in [-0.2, 0) is 6.54 Å². The molecule has 13 heteroatoms. The number of nitriles is 2. The number of likely N-dealkylation sites (tertiary alicyclic amines) is 1. The zero-order chi connectivity index (χ0) is 23.5. The van der Waals surface area contributed by atoms with Crippen LogP contribution in [0.3, 0.4) is 0 Å². The minimum absolute atomic E-state index is 0.113. The summed E-state index contributed by atoms with van der Waals surface area (Å²) in [7, 11) is 0. The molecule has 3 aromatic heterocycles. The molecule has 2 atom stereocenters. The molecule has 1 amide bonds. The van der Waals surface area contributed by atoms with Gasteiger partial charge in [0.05, 0.1) is 29.9 Å². The van der Waals surface area contributed by atoms with Crippen molar-refractivity contribution in [3.8, 4) is 23.7 Å². The maximum atomic E-state index is 12.8. The van der Waals surface area contributed by atoms with Gasteiger partial charge in [-0.05, 0) is 25.3 Å². The molecule has 1 N–H and O–H groups in total. The summed E-state index contributed by atoms with van der Waals surface area (Å²) in [4.78, 5) is 21.0. The Morgan fingerprint density at radius 2 is 2.12 bits per heavy atom. The molecule has 0 bridgehead atoms. The van der Waals surface area contributed by atoms with E-state index in [1.165, 1.54) is 6.20 Å². The smallest absolute Gasteiger partial charge is 0.309 e. The largest absolute Gasteiger partial charge is 0.412 e. The Labute approximate surface area is 194 Å². The van der Waals surface area contributed by atoms with E-state index in [-0.39, 0.29) is 23.9 Å². The summed E-state index contributed by atoms with van der Waals surface area (Å²) in [6.07, 6.45) is 9.66. The maximum absolute atomic E-state index is 12.8.